The van der Waals surface area contributed by atoms with Gasteiger partial charge in [0.15, 0.2) is 0 Å². The largest absolute Gasteiger partial charge is 0.313 e. The van der Waals surface area contributed by atoms with E-state index in [-0.39, 0.29) is 0 Å². The Balaban J connectivity index is 2.71. The Labute approximate surface area is 116 Å². The maximum absolute atomic E-state index is 3.78. The van der Waals surface area contributed by atoms with E-state index in [9.17, 15) is 0 Å². The van der Waals surface area contributed by atoms with Crippen LogP contribution in [0.25, 0.3) is 0 Å². The SMILES string of the molecule is CCNC(C(CC)CC)C1SCCSC1CC. The molecule has 0 aliphatic carbocycles. The van der Waals surface area contributed by atoms with Gasteiger partial charge in [0.25, 0.3) is 0 Å². The van der Waals surface area contributed by atoms with E-state index in [1.54, 1.807) is 0 Å². The first kappa shape index (κ1) is 15.7. The van der Waals surface area contributed by atoms with Crippen LogP contribution in [0.4, 0.5) is 0 Å². The fourth-order valence-electron chi connectivity index (χ4n) is 2.85. The maximum atomic E-state index is 3.78. The zero-order valence-electron chi connectivity index (χ0n) is 11.9. The van der Waals surface area contributed by atoms with Gasteiger partial charge in [0.2, 0.25) is 0 Å². The number of rotatable bonds is 7. The standard InChI is InChI=1S/C14H29NS2/c1-5-11(6-2)13(15-8-4)14-12(7-3)16-9-10-17-14/h11-15H,5-10H2,1-4H3. The summed E-state index contributed by atoms with van der Waals surface area (Å²) in [5, 5.41) is 5.47. The zero-order valence-corrected chi connectivity index (χ0v) is 13.5. The lowest BCUT2D eigenvalue weighted by Crippen LogP contribution is -2.49. The summed E-state index contributed by atoms with van der Waals surface area (Å²) in [6.45, 7) is 10.4. The average Bonchev–Trinajstić information content (AvgIpc) is 2.39. The van der Waals surface area contributed by atoms with Crippen molar-refractivity contribution in [2.24, 2.45) is 5.92 Å². The van der Waals surface area contributed by atoms with Crippen molar-refractivity contribution < 1.29 is 0 Å². The van der Waals surface area contributed by atoms with Crippen LogP contribution in [0, 0.1) is 5.92 Å². The van der Waals surface area contributed by atoms with E-state index in [0.29, 0.717) is 0 Å². The number of hydrogen-bond acceptors (Lipinski definition) is 3. The predicted molar refractivity (Wildman–Crippen MR) is 84.3 cm³/mol. The minimum atomic E-state index is 0.720. The molecule has 3 unspecified atom stereocenters. The van der Waals surface area contributed by atoms with Crippen molar-refractivity contribution in [1.82, 2.24) is 5.32 Å². The summed E-state index contributed by atoms with van der Waals surface area (Å²) in [5.41, 5.74) is 0. The third kappa shape index (κ3) is 4.36. The second-order valence-electron chi connectivity index (χ2n) is 4.81. The highest BCUT2D eigenvalue weighted by atomic mass is 32.2. The summed E-state index contributed by atoms with van der Waals surface area (Å²) in [5.74, 6) is 3.54. The number of hydrogen-bond donors (Lipinski definition) is 1. The van der Waals surface area contributed by atoms with Gasteiger partial charge in [-0.05, 0) is 18.9 Å². The molecule has 0 spiro atoms. The van der Waals surface area contributed by atoms with Crippen molar-refractivity contribution in [2.45, 2.75) is 63.5 Å². The van der Waals surface area contributed by atoms with Crippen LogP contribution < -0.4 is 5.32 Å². The van der Waals surface area contributed by atoms with Crippen molar-refractivity contribution >= 4 is 23.5 Å². The number of thioether (sulfide) groups is 2. The van der Waals surface area contributed by atoms with Crippen LogP contribution >= 0.6 is 23.5 Å². The molecular weight excluding hydrogens is 246 g/mol. The van der Waals surface area contributed by atoms with Crippen molar-refractivity contribution in [2.75, 3.05) is 18.1 Å². The molecule has 17 heavy (non-hydrogen) atoms. The minimum Gasteiger partial charge on any atom is -0.313 e. The Bertz CT molecular complexity index is 195. The summed E-state index contributed by atoms with van der Waals surface area (Å²) in [6, 6.07) is 0.720. The lowest BCUT2D eigenvalue weighted by atomic mass is 9.90. The van der Waals surface area contributed by atoms with Gasteiger partial charge in [-0.15, -0.1) is 0 Å². The molecular formula is C14H29NS2. The van der Waals surface area contributed by atoms with Gasteiger partial charge in [-0.1, -0.05) is 40.5 Å². The highest BCUT2D eigenvalue weighted by molar-refractivity contribution is 8.07. The third-order valence-electron chi connectivity index (χ3n) is 3.84. The topological polar surface area (TPSA) is 12.0 Å². The van der Waals surface area contributed by atoms with Gasteiger partial charge < -0.3 is 5.32 Å². The number of nitrogens with one attached hydrogen (secondary N) is 1. The summed E-state index contributed by atoms with van der Waals surface area (Å²) >= 11 is 4.42. The molecule has 0 aromatic carbocycles. The molecule has 0 aromatic rings. The van der Waals surface area contributed by atoms with Crippen molar-refractivity contribution in [3.05, 3.63) is 0 Å². The van der Waals surface area contributed by atoms with Gasteiger partial charge in [0.05, 0.1) is 0 Å². The maximum Gasteiger partial charge on any atom is 0.0322 e. The minimum absolute atomic E-state index is 0.720. The molecule has 3 atom stereocenters. The molecule has 1 N–H and O–H groups in total. The van der Waals surface area contributed by atoms with Gasteiger partial charge in [0.1, 0.15) is 0 Å². The van der Waals surface area contributed by atoms with Crippen LogP contribution in [-0.4, -0.2) is 34.6 Å². The highest BCUT2D eigenvalue weighted by Gasteiger charge is 2.34. The normalized spacial score (nSPS) is 27.4. The molecule has 1 aliphatic heterocycles. The van der Waals surface area contributed by atoms with E-state index < -0.39 is 0 Å². The summed E-state index contributed by atoms with van der Waals surface area (Å²) in [7, 11) is 0. The van der Waals surface area contributed by atoms with E-state index in [1.807, 2.05) is 0 Å². The lowest BCUT2D eigenvalue weighted by Gasteiger charge is -2.40. The van der Waals surface area contributed by atoms with Crippen LogP contribution in [0.3, 0.4) is 0 Å². The fourth-order valence-corrected chi connectivity index (χ4v) is 6.20. The summed E-state index contributed by atoms with van der Waals surface area (Å²) in [4.78, 5) is 0. The fraction of sp³-hybridized carbons (Fsp3) is 1.00. The van der Waals surface area contributed by atoms with E-state index in [0.717, 1.165) is 29.0 Å². The van der Waals surface area contributed by atoms with Gasteiger partial charge in [0, 0.05) is 28.0 Å². The molecule has 3 heteroatoms. The predicted octanol–water partition coefficient (Wildman–Crippen LogP) is 4.03. The van der Waals surface area contributed by atoms with Crippen LogP contribution in [0.2, 0.25) is 0 Å². The van der Waals surface area contributed by atoms with E-state index in [4.69, 9.17) is 0 Å². The molecule has 1 saturated heterocycles. The molecule has 0 radical (unpaired) electrons. The molecule has 0 saturated carbocycles. The monoisotopic (exact) mass is 275 g/mol. The lowest BCUT2D eigenvalue weighted by molar-refractivity contribution is 0.326. The molecule has 1 aliphatic rings. The highest BCUT2D eigenvalue weighted by Crippen LogP contribution is 2.38. The quantitative estimate of drug-likeness (QED) is 0.753. The molecule has 0 amide bonds. The first-order chi connectivity index (χ1) is 8.28. The van der Waals surface area contributed by atoms with Crippen LogP contribution in [0.5, 0.6) is 0 Å². The second kappa shape index (κ2) is 8.71. The Kier molecular flexibility index (Phi) is 8.05. The van der Waals surface area contributed by atoms with Gasteiger partial charge in [-0.25, -0.2) is 0 Å². The van der Waals surface area contributed by atoms with Crippen LogP contribution in [0.1, 0.15) is 47.0 Å². The molecule has 0 aromatic heterocycles. The van der Waals surface area contributed by atoms with E-state index in [2.05, 4.69) is 56.5 Å². The smallest absolute Gasteiger partial charge is 0.0322 e. The van der Waals surface area contributed by atoms with E-state index >= 15 is 0 Å². The van der Waals surface area contributed by atoms with E-state index in [1.165, 1.54) is 30.8 Å². The Hall–Kier alpha value is 0.660. The van der Waals surface area contributed by atoms with Crippen LogP contribution in [-0.2, 0) is 0 Å². The van der Waals surface area contributed by atoms with Crippen molar-refractivity contribution in [3.8, 4) is 0 Å². The Morgan fingerprint density at radius 1 is 1.06 bits per heavy atom. The van der Waals surface area contributed by atoms with Gasteiger partial charge in [-0.2, -0.15) is 23.5 Å². The molecule has 102 valence electrons. The molecule has 1 heterocycles. The Morgan fingerprint density at radius 3 is 2.24 bits per heavy atom. The third-order valence-corrected chi connectivity index (χ3v) is 7.22. The first-order valence-electron chi connectivity index (χ1n) is 7.24. The van der Waals surface area contributed by atoms with Crippen molar-refractivity contribution in [3.63, 3.8) is 0 Å². The molecule has 0 bridgehead atoms. The average molecular weight is 276 g/mol. The van der Waals surface area contributed by atoms with Crippen LogP contribution in [0.15, 0.2) is 0 Å². The first-order valence-corrected chi connectivity index (χ1v) is 9.34. The van der Waals surface area contributed by atoms with Crippen molar-refractivity contribution in [1.29, 1.82) is 0 Å². The summed E-state index contributed by atoms with van der Waals surface area (Å²) in [6.07, 6.45) is 3.95. The molecule has 1 rings (SSSR count). The van der Waals surface area contributed by atoms with Gasteiger partial charge in [-0.3, -0.25) is 0 Å². The molecule has 1 fully saturated rings. The molecule has 1 nitrogen and oxygen atoms in total. The zero-order chi connectivity index (χ0) is 12.7. The van der Waals surface area contributed by atoms with Gasteiger partial charge >= 0.3 is 0 Å². The summed E-state index contributed by atoms with van der Waals surface area (Å²) < 4.78 is 0. The second-order valence-corrected chi connectivity index (χ2v) is 7.45. The Morgan fingerprint density at radius 2 is 1.71 bits per heavy atom.